The van der Waals surface area contributed by atoms with Crippen LogP contribution in [-0.2, 0) is 16.3 Å². The van der Waals surface area contributed by atoms with Crippen LogP contribution in [0.15, 0.2) is 57.9 Å². The molecule has 0 saturated heterocycles. The van der Waals surface area contributed by atoms with Gasteiger partial charge in [-0.2, -0.15) is 0 Å². The van der Waals surface area contributed by atoms with Gasteiger partial charge in [0.1, 0.15) is 0 Å². The molecule has 0 aromatic heterocycles. The Hall–Kier alpha value is -1.17. The third-order valence-electron chi connectivity index (χ3n) is 3.01. The smallest absolute Gasteiger partial charge is 0.175 e. The summed E-state index contributed by atoms with van der Waals surface area (Å²) in [7, 11) is -3.25. The molecule has 0 aliphatic carbocycles. The van der Waals surface area contributed by atoms with Crippen LogP contribution in [0.2, 0.25) is 0 Å². The predicted molar refractivity (Wildman–Crippen MR) is 82.4 cm³/mol. The second-order valence-corrected chi connectivity index (χ2v) is 7.62. The first-order valence-corrected chi connectivity index (χ1v) is 8.77. The lowest BCUT2D eigenvalue weighted by Gasteiger charge is -2.12. The zero-order chi connectivity index (χ0) is 14.8. The minimum atomic E-state index is -3.25. The van der Waals surface area contributed by atoms with Crippen molar-refractivity contribution in [3.05, 3.63) is 64.1 Å². The first kappa shape index (κ1) is 15.2. The van der Waals surface area contributed by atoms with Crippen molar-refractivity contribution in [2.24, 2.45) is 0 Å². The average molecular weight is 355 g/mol. The Kier molecular flexibility index (Phi) is 4.62. The largest absolute Gasteiger partial charge is 0.388 e. The first-order valence-electron chi connectivity index (χ1n) is 6.09. The van der Waals surface area contributed by atoms with Crippen LogP contribution < -0.4 is 0 Å². The second kappa shape index (κ2) is 6.08. The lowest BCUT2D eigenvalue weighted by molar-refractivity contribution is 0.178. The molecule has 2 rings (SSSR count). The summed E-state index contributed by atoms with van der Waals surface area (Å²) in [5.41, 5.74) is 1.60. The number of halogens is 1. The Morgan fingerprint density at radius 3 is 2.40 bits per heavy atom. The number of hydrogen-bond donors (Lipinski definition) is 1. The van der Waals surface area contributed by atoms with Crippen molar-refractivity contribution >= 4 is 25.8 Å². The van der Waals surface area contributed by atoms with Gasteiger partial charge in [-0.1, -0.05) is 40.2 Å². The Bertz CT molecular complexity index is 693. The second-order valence-electron chi connectivity index (χ2n) is 4.69. The summed E-state index contributed by atoms with van der Waals surface area (Å²) in [5, 5.41) is 10.2. The monoisotopic (exact) mass is 354 g/mol. The summed E-state index contributed by atoms with van der Waals surface area (Å²) < 4.78 is 24.0. The van der Waals surface area contributed by atoms with E-state index in [0.29, 0.717) is 12.0 Å². The van der Waals surface area contributed by atoms with E-state index in [0.717, 1.165) is 16.3 Å². The highest BCUT2D eigenvalue weighted by Crippen LogP contribution is 2.22. The molecule has 1 N–H and O–H groups in total. The van der Waals surface area contributed by atoms with E-state index in [4.69, 9.17) is 0 Å². The van der Waals surface area contributed by atoms with Crippen LogP contribution in [0.25, 0.3) is 0 Å². The van der Waals surface area contributed by atoms with Gasteiger partial charge in [0.2, 0.25) is 0 Å². The molecule has 3 nitrogen and oxygen atoms in total. The highest BCUT2D eigenvalue weighted by molar-refractivity contribution is 9.10. The third kappa shape index (κ3) is 3.91. The van der Waals surface area contributed by atoms with E-state index < -0.39 is 15.9 Å². The highest BCUT2D eigenvalue weighted by Gasteiger charge is 2.13. The van der Waals surface area contributed by atoms with E-state index in [1.165, 1.54) is 12.1 Å². The number of aliphatic hydroxyl groups excluding tert-OH is 1. The van der Waals surface area contributed by atoms with Crippen molar-refractivity contribution in [3.63, 3.8) is 0 Å². The van der Waals surface area contributed by atoms with Crippen LogP contribution in [0, 0.1) is 0 Å². The Morgan fingerprint density at radius 2 is 1.80 bits per heavy atom. The summed E-state index contributed by atoms with van der Waals surface area (Å²) >= 11 is 3.36. The number of benzene rings is 2. The Labute approximate surface area is 127 Å². The van der Waals surface area contributed by atoms with Crippen LogP contribution in [0.3, 0.4) is 0 Å². The molecule has 2 aromatic carbocycles. The van der Waals surface area contributed by atoms with Gasteiger partial charge < -0.3 is 5.11 Å². The molecular weight excluding hydrogens is 340 g/mol. The first-order chi connectivity index (χ1) is 9.36. The minimum absolute atomic E-state index is 0.227. The molecule has 0 aliphatic heterocycles. The lowest BCUT2D eigenvalue weighted by atomic mass is 10.0. The molecule has 0 saturated carbocycles. The van der Waals surface area contributed by atoms with E-state index in [2.05, 4.69) is 15.9 Å². The van der Waals surface area contributed by atoms with Gasteiger partial charge in [-0.05, 0) is 35.4 Å². The van der Waals surface area contributed by atoms with Crippen molar-refractivity contribution in [2.75, 3.05) is 6.26 Å². The Balaban J connectivity index is 2.21. The van der Waals surface area contributed by atoms with Gasteiger partial charge in [0.25, 0.3) is 0 Å². The standard InChI is InChI=1S/C15H15BrO3S/c1-20(18,19)14-4-2-3-12(10-14)15(17)9-11-5-7-13(16)8-6-11/h2-8,10,15,17H,9H2,1H3. The quantitative estimate of drug-likeness (QED) is 0.917. The van der Waals surface area contributed by atoms with Gasteiger partial charge in [-0.15, -0.1) is 0 Å². The molecule has 1 atom stereocenters. The van der Waals surface area contributed by atoms with Crippen molar-refractivity contribution in [1.29, 1.82) is 0 Å². The summed E-state index contributed by atoms with van der Waals surface area (Å²) in [4.78, 5) is 0.227. The highest BCUT2D eigenvalue weighted by atomic mass is 79.9. The number of rotatable bonds is 4. The van der Waals surface area contributed by atoms with Gasteiger partial charge in [-0.25, -0.2) is 8.42 Å². The lowest BCUT2D eigenvalue weighted by Crippen LogP contribution is -2.04. The van der Waals surface area contributed by atoms with E-state index in [-0.39, 0.29) is 4.90 Å². The number of aliphatic hydroxyl groups is 1. The maximum absolute atomic E-state index is 11.5. The van der Waals surface area contributed by atoms with Crippen LogP contribution in [0.1, 0.15) is 17.2 Å². The minimum Gasteiger partial charge on any atom is -0.388 e. The molecule has 0 radical (unpaired) electrons. The van der Waals surface area contributed by atoms with Crippen LogP contribution in [0.4, 0.5) is 0 Å². The van der Waals surface area contributed by atoms with Gasteiger partial charge in [0.05, 0.1) is 11.0 Å². The fourth-order valence-corrected chi connectivity index (χ4v) is 2.85. The molecule has 0 fully saturated rings. The van der Waals surface area contributed by atoms with E-state index in [1.54, 1.807) is 12.1 Å². The molecule has 0 aliphatic rings. The molecule has 0 bridgehead atoms. The van der Waals surface area contributed by atoms with Gasteiger partial charge in [0.15, 0.2) is 9.84 Å². The third-order valence-corrected chi connectivity index (χ3v) is 4.65. The maximum atomic E-state index is 11.5. The van der Waals surface area contributed by atoms with Crippen molar-refractivity contribution in [2.45, 2.75) is 17.4 Å². The van der Waals surface area contributed by atoms with Crippen molar-refractivity contribution < 1.29 is 13.5 Å². The molecule has 1 unspecified atom stereocenters. The molecule has 0 amide bonds. The fraction of sp³-hybridized carbons (Fsp3) is 0.200. The van der Waals surface area contributed by atoms with E-state index >= 15 is 0 Å². The van der Waals surface area contributed by atoms with E-state index in [9.17, 15) is 13.5 Å². The van der Waals surface area contributed by atoms with Crippen LogP contribution in [0.5, 0.6) is 0 Å². The fourth-order valence-electron chi connectivity index (χ4n) is 1.91. The SMILES string of the molecule is CS(=O)(=O)c1cccc(C(O)Cc2ccc(Br)cc2)c1. The van der Waals surface area contributed by atoms with Gasteiger partial charge >= 0.3 is 0 Å². The molecule has 2 aromatic rings. The number of sulfone groups is 1. The Morgan fingerprint density at radius 1 is 1.15 bits per heavy atom. The van der Waals surface area contributed by atoms with E-state index in [1.807, 2.05) is 24.3 Å². The maximum Gasteiger partial charge on any atom is 0.175 e. The molecule has 0 heterocycles. The molecule has 20 heavy (non-hydrogen) atoms. The number of hydrogen-bond acceptors (Lipinski definition) is 3. The zero-order valence-electron chi connectivity index (χ0n) is 11.0. The molecular formula is C15H15BrO3S. The average Bonchev–Trinajstić information content (AvgIpc) is 2.40. The van der Waals surface area contributed by atoms with Crippen molar-refractivity contribution in [3.8, 4) is 0 Å². The molecule has 5 heteroatoms. The van der Waals surface area contributed by atoms with Crippen molar-refractivity contribution in [1.82, 2.24) is 0 Å². The normalized spacial score (nSPS) is 13.2. The summed E-state index contributed by atoms with van der Waals surface area (Å²) in [6.07, 6.45) is 0.881. The van der Waals surface area contributed by atoms with Gasteiger partial charge in [0, 0.05) is 17.1 Å². The summed E-state index contributed by atoms with van der Waals surface area (Å²) in [6.45, 7) is 0. The molecule has 0 spiro atoms. The van der Waals surface area contributed by atoms with Gasteiger partial charge in [-0.3, -0.25) is 0 Å². The zero-order valence-corrected chi connectivity index (χ0v) is 13.4. The van der Waals surface area contributed by atoms with Crippen LogP contribution in [-0.4, -0.2) is 19.8 Å². The summed E-state index contributed by atoms with van der Waals surface area (Å²) in [5.74, 6) is 0. The molecule has 106 valence electrons. The summed E-state index contributed by atoms with van der Waals surface area (Å²) in [6, 6.07) is 14.1. The predicted octanol–water partition coefficient (Wildman–Crippen LogP) is 3.13. The topological polar surface area (TPSA) is 54.4 Å². The van der Waals surface area contributed by atoms with Crippen LogP contribution >= 0.6 is 15.9 Å².